The molecule has 0 aliphatic heterocycles. The van der Waals surface area contributed by atoms with Crippen molar-refractivity contribution in [3.63, 3.8) is 0 Å². The number of aromatic nitrogens is 2. The molecule has 1 aliphatic rings. The van der Waals surface area contributed by atoms with Crippen LogP contribution in [0.3, 0.4) is 0 Å². The fourth-order valence-corrected chi connectivity index (χ4v) is 3.67. The highest BCUT2D eigenvalue weighted by atomic mass is 35.5. The molecule has 138 valence electrons. The molecule has 0 saturated carbocycles. The minimum absolute atomic E-state index is 0.171. The van der Waals surface area contributed by atoms with Gasteiger partial charge in [-0.3, -0.25) is 9.59 Å². The standard InChI is InChI=1S/C18H20Cl2N4O2/c1-10(18(26)23(2)3)21-17(25)16-12-5-4-6-14(12)24(22-16)15-8-7-11(19)9-13(15)20/h7-10H,4-6H2,1-3H3,(H,21,25)/t10-/m0/s1. The van der Waals surface area contributed by atoms with Crippen LogP contribution < -0.4 is 5.32 Å². The van der Waals surface area contributed by atoms with Gasteiger partial charge in [0, 0.05) is 30.4 Å². The number of hydrogen-bond acceptors (Lipinski definition) is 3. The molecule has 1 aromatic carbocycles. The van der Waals surface area contributed by atoms with Crippen LogP contribution in [0.25, 0.3) is 5.69 Å². The molecule has 0 bridgehead atoms. The number of benzene rings is 1. The Morgan fingerprint density at radius 3 is 2.65 bits per heavy atom. The first kappa shape index (κ1) is 18.7. The third kappa shape index (κ3) is 3.44. The number of nitrogens with zero attached hydrogens (tertiary/aromatic N) is 3. The van der Waals surface area contributed by atoms with Crippen LogP contribution in [0.4, 0.5) is 0 Å². The van der Waals surface area contributed by atoms with Crippen molar-refractivity contribution in [1.29, 1.82) is 0 Å². The molecule has 1 N–H and O–H groups in total. The lowest BCUT2D eigenvalue weighted by Gasteiger charge is -2.17. The average molecular weight is 395 g/mol. The zero-order valence-corrected chi connectivity index (χ0v) is 16.4. The summed E-state index contributed by atoms with van der Waals surface area (Å²) in [4.78, 5) is 26.2. The van der Waals surface area contributed by atoms with Gasteiger partial charge in [-0.05, 0) is 44.4 Å². The molecule has 1 heterocycles. The first-order valence-electron chi connectivity index (χ1n) is 8.37. The second-order valence-corrected chi connectivity index (χ2v) is 7.41. The Hall–Kier alpha value is -2.05. The van der Waals surface area contributed by atoms with E-state index in [-0.39, 0.29) is 11.8 Å². The fraction of sp³-hybridized carbons (Fsp3) is 0.389. The first-order valence-corrected chi connectivity index (χ1v) is 9.13. The van der Waals surface area contributed by atoms with Crippen molar-refractivity contribution in [3.8, 4) is 5.69 Å². The SMILES string of the molecule is C[C@H](NC(=O)c1nn(-c2ccc(Cl)cc2Cl)c2c1CCC2)C(=O)N(C)C. The first-order chi connectivity index (χ1) is 12.3. The van der Waals surface area contributed by atoms with E-state index in [9.17, 15) is 9.59 Å². The van der Waals surface area contributed by atoms with Gasteiger partial charge in [0.15, 0.2) is 5.69 Å². The van der Waals surface area contributed by atoms with Gasteiger partial charge in [-0.2, -0.15) is 5.10 Å². The topological polar surface area (TPSA) is 67.2 Å². The monoisotopic (exact) mass is 394 g/mol. The van der Waals surface area contributed by atoms with E-state index in [0.29, 0.717) is 21.4 Å². The number of carbonyl (C=O) groups excluding carboxylic acids is 2. The van der Waals surface area contributed by atoms with Gasteiger partial charge < -0.3 is 10.2 Å². The fourth-order valence-electron chi connectivity index (χ4n) is 3.19. The van der Waals surface area contributed by atoms with E-state index in [1.54, 1.807) is 43.9 Å². The Balaban J connectivity index is 1.95. The molecule has 0 unspecified atom stereocenters. The number of fused-ring (bicyclic) bond motifs is 1. The number of carbonyl (C=O) groups is 2. The van der Waals surface area contributed by atoms with Crippen molar-refractivity contribution in [2.75, 3.05) is 14.1 Å². The third-order valence-electron chi connectivity index (χ3n) is 4.44. The molecule has 1 atom stereocenters. The molecule has 0 saturated heterocycles. The quantitative estimate of drug-likeness (QED) is 0.866. The average Bonchev–Trinajstić information content (AvgIpc) is 3.16. The largest absolute Gasteiger partial charge is 0.347 e. The van der Waals surface area contributed by atoms with E-state index in [0.717, 1.165) is 30.5 Å². The molecule has 0 fully saturated rings. The summed E-state index contributed by atoms with van der Waals surface area (Å²) in [5.41, 5.74) is 2.93. The zero-order chi connectivity index (χ0) is 19.0. The Bertz CT molecular complexity index is 876. The summed E-state index contributed by atoms with van der Waals surface area (Å²) < 4.78 is 1.72. The lowest BCUT2D eigenvalue weighted by atomic mass is 10.2. The van der Waals surface area contributed by atoms with Crippen molar-refractivity contribution in [2.24, 2.45) is 0 Å². The van der Waals surface area contributed by atoms with E-state index in [1.165, 1.54) is 4.90 Å². The highest BCUT2D eigenvalue weighted by Gasteiger charge is 2.29. The van der Waals surface area contributed by atoms with Gasteiger partial charge in [-0.25, -0.2) is 4.68 Å². The Morgan fingerprint density at radius 2 is 2.00 bits per heavy atom. The Labute approximate surface area is 162 Å². The molecule has 3 rings (SSSR count). The number of likely N-dealkylation sites (N-methyl/N-ethyl adjacent to an activating group) is 1. The van der Waals surface area contributed by atoms with Crippen LogP contribution in [-0.4, -0.2) is 46.6 Å². The summed E-state index contributed by atoms with van der Waals surface area (Å²) in [5, 5.41) is 8.25. The molecule has 2 aromatic rings. The molecule has 0 spiro atoms. The highest BCUT2D eigenvalue weighted by molar-refractivity contribution is 6.35. The summed E-state index contributed by atoms with van der Waals surface area (Å²) in [6.07, 6.45) is 2.55. The van der Waals surface area contributed by atoms with Crippen LogP contribution >= 0.6 is 23.2 Å². The van der Waals surface area contributed by atoms with Crippen LogP contribution in [0, 0.1) is 0 Å². The van der Waals surface area contributed by atoms with Crippen LogP contribution in [0.15, 0.2) is 18.2 Å². The normalized spacial score (nSPS) is 14.0. The van der Waals surface area contributed by atoms with Crippen molar-refractivity contribution in [3.05, 3.63) is 45.2 Å². The lowest BCUT2D eigenvalue weighted by molar-refractivity contribution is -0.130. The highest BCUT2D eigenvalue weighted by Crippen LogP contribution is 2.31. The number of halogens is 2. The van der Waals surface area contributed by atoms with Crippen molar-refractivity contribution < 1.29 is 9.59 Å². The number of amides is 2. The maximum atomic E-state index is 12.7. The van der Waals surface area contributed by atoms with Crippen molar-refractivity contribution in [1.82, 2.24) is 20.0 Å². The molecular weight excluding hydrogens is 375 g/mol. The zero-order valence-electron chi connectivity index (χ0n) is 14.8. The van der Waals surface area contributed by atoms with E-state index in [1.807, 2.05) is 0 Å². The molecular formula is C18H20Cl2N4O2. The molecule has 6 nitrogen and oxygen atoms in total. The smallest absolute Gasteiger partial charge is 0.272 e. The van der Waals surface area contributed by atoms with E-state index in [4.69, 9.17) is 23.2 Å². The minimum Gasteiger partial charge on any atom is -0.347 e. The van der Waals surface area contributed by atoms with Crippen LogP contribution in [0.1, 0.15) is 35.1 Å². The predicted octanol–water partition coefficient (Wildman–Crippen LogP) is 2.87. The molecule has 1 aliphatic carbocycles. The maximum absolute atomic E-state index is 12.7. The van der Waals surface area contributed by atoms with E-state index < -0.39 is 6.04 Å². The van der Waals surface area contributed by atoms with Gasteiger partial charge in [-0.1, -0.05) is 23.2 Å². The van der Waals surface area contributed by atoms with E-state index >= 15 is 0 Å². The van der Waals surface area contributed by atoms with Gasteiger partial charge in [0.05, 0.1) is 10.7 Å². The number of rotatable bonds is 4. The third-order valence-corrected chi connectivity index (χ3v) is 4.98. The van der Waals surface area contributed by atoms with E-state index in [2.05, 4.69) is 10.4 Å². The molecule has 2 amide bonds. The molecule has 1 aromatic heterocycles. The van der Waals surface area contributed by atoms with Gasteiger partial charge in [-0.15, -0.1) is 0 Å². The second-order valence-electron chi connectivity index (χ2n) is 6.56. The van der Waals surface area contributed by atoms with Crippen molar-refractivity contribution >= 4 is 35.0 Å². The second kappa shape index (κ2) is 7.29. The van der Waals surface area contributed by atoms with Crippen LogP contribution in [-0.2, 0) is 17.6 Å². The summed E-state index contributed by atoms with van der Waals surface area (Å²) in [6, 6.07) is 4.55. The summed E-state index contributed by atoms with van der Waals surface area (Å²) in [7, 11) is 3.31. The predicted molar refractivity (Wildman–Crippen MR) is 101 cm³/mol. The Kier molecular flexibility index (Phi) is 5.25. The summed E-state index contributed by atoms with van der Waals surface area (Å²) in [5.74, 6) is -0.523. The Morgan fingerprint density at radius 1 is 1.27 bits per heavy atom. The van der Waals surface area contributed by atoms with Crippen LogP contribution in [0.5, 0.6) is 0 Å². The lowest BCUT2D eigenvalue weighted by Crippen LogP contribution is -2.44. The molecule has 26 heavy (non-hydrogen) atoms. The van der Waals surface area contributed by atoms with Crippen molar-refractivity contribution in [2.45, 2.75) is 32.2 Å². The van der Waals surface area contributed by atoms with Gasteiger partial charge in [0.1, 0.15) is 6.04 Å². The van der Waals surface area contributed by atoms with Gasteiger partial charge in [0.25, 0.3) is 5.91 Å². The molecule has 8 heteroatoms. The minimum atomic E-state index is -0.626. The van der Waals surface area contributed by atoms with Crippen LogP contribution in [0.2, 0.25) is 10.0 Å². The van der Waals surface area contributed by atoms with Gasteiger partial charge in [0.2, 0.25) is 5.91 Å². The maximum Gasteiger partial charge on any atom is 0.272 e. The van der Waals surface area contributed by atoms with Gasteiger partial charge >= 0.3 is 0 Å². The summed E-state index contributed by atoms with van der Waals surface area (Å²) >= 11 is 12.3. The number of hydrogen-bond donors (Lipinski definition) is 1. The summed E-state index contributed by atoms with van der Waals surface area (Å²) in [6.45, 7) is 1.66. The molecule has 0 radical (unpaired) electrons. The number of nitrogens with one attached hydrogen (secondary N) is 1.